The van der Waals surface area contributed by atoms with E-state index in [0.717, 1.165) is 60.6 Å². The van der Waals surface area contributed by atoms with Crippen LogP contribution in [0.3, 0.4) is 0 Å². The summed E-state index contributed by atoms with van der Waals surface area (Å²) >= 11 is 6.30. The first-order valence-electron chi connectivity index (χ1n) is 9.18. The molecule has 7 heteroatoms. The first-order chi connectivity index (χ1) is 13.1. The van der Waals surface area contributed by atoms with Gasteiger partial charge >= 0.3 is 0 Å². The molecule has 0 saturated carbocycles. The monoisotopic (exact) mass is 382 g/mol. The normalized spacial score (nSPS) is 14.2. The van der Waals surface area contributed by atoms with Crippen molar-refractivity contribution >= 4 is 17.4 Å². The number of benzene rings is 1. The van der Waals surface area contributed by atoms with Gasteiger partial charge in [-0.25, -0.2) is 9.67 Å². The number of halogens is 1. The van der Waals surface area contributed by atoms with E-state index in [1.807, 2.05) is 36.7 Å². The topological polar surface area (TPSA) is 58.9 Å². The maximum Gasteiger partial charge on any atom is 0.174 e. The van der Waals surface area contributed by atoms with Crippen molar-refractivity contribution < 1.29 is 0 Å². The number of nitrogens with zero attached hydrogens (tertiary/aromatic N) is 5. The molecule has 0 aliphatic carbocycles. The van der Waals surface area contributed by atoms with E-state index in [-0.39, 0.29) is 0 Å². The molecule has 1 aromatic carbocycles. The summed E-state index contributed by atoms with van der Waals surface area (Å²) in [4.78, 5) is 11.4. The van der Waals surface area contributed by atoms with Crippen molar-refractivity contribution in [2.45, 2.75) is 26.8 Å². The third-order valence-electron chi connectivity index (χ3n) is 4.87. The number of aryl methyl sites for hydroxylation is 2. The van der Waals surface area contributed by atoms with Crippen LogP contribution in [0.1, 0.15) is 22.5 Å². The minimum atomic E-state index is 0.729. The number of aromatic nitrogens is 4. The predicted octanol–water partition coefficient (Wildman–Crippen LogP) is 3.40. The Morgan fingerprint density at radius 3 is 2.93 bits per heavy atom. The van der Waals surface area contributed by atoms with E-state index in [4.69, 9.17) is 11.6 Å². The second kappa shape index (κ2) is 7.66. The van der Waals surface area contributed by atoms with Gasteiger partial charge in [-0.2, -0.15) is 5.10 Å². The van der Waals surface area contributed by atoms with Crippen molar-refractivity contribution in [1.29, 1.82) is 0 Å². The molecule has 0 spiro atoms. The molecule has 0 saturated heterocycles. The van der Waals surface area contributed by atoms with Crippen molar-refractivity contribution in [3.63, 3.8) is 0 Å². The summed E-state index contributed by atoms with van der Waals surface area (Å²) in [6.07, 6.45) is 4.48. The molecule has 6 nitrogen and oxygen atoms in total. The lowest BCUT2D eigenvalue weighted by Crippen LogP contribution is -2.34. The van der Waals surface area contributed by atoms with Gasteiger partial charge in [-0.15, -0.1) is 0 Å². The Balaban J connectivity index is 1.36. The molecule has 3 heterocycles. The summed E-state index contributed by atoms with van der Waals surface area (Å²) in [7, 11) is 0. The lowest BCUT2D eigenvalue weighted by Gasteiger charge is -2.29. The summed E-state index contributed by atoms with van der Waals surface area (Å²) in [5.74, 6) is 1.49. The van der Waals surface area contributed by atoms with Gasteiger partial charge < -0.3 is 5.32 Å². The molecule has 0 unspecified atom stereocenters. The molecule has 0 amide bonds. The van der Waals surface area contributed by atoms with Crippen LogP contribution >= 0.6 is 11.6 Å². The van der Waals surface area contributed by atoms with Crippen LogP contribution < -0.4 is 5.32 Å². The maximum atomic E-state index is 6.30. The van der Waals surface area contributed by atoms with Crippen molar-refractivity contribution in [1.82, 2.24) is 24.6 Å². The number of fused-ring (bicyclic) bond motifs is 1. The fourth-order valence-corrected chi connectivity index (χ4v) is 3.85. The smallest absolute Gasteiger partial charge is 0.174 e. The molecule has 2 aromatic heterocycles. The number of anilines is 1. The molecule has 0 bridgehead atoms. The summed E-state index contributed by atoms with van der Waals surface area (Å²) in [5.41, 5.74) is 4.65. The van der Waals surface area contributed by atoms with Gasteiger partial charge in [0.15, 0.2) is 5.82 Å². The van der Waals surface area contributed by atoms with Crippen molar-refractivity contribution in [2.75, 3.05) is 25.0 Å². The first kappa shape index (κ1) is 17.9. The van der Waals surface area contributed by atoms with Gasteiger partial charge in [0.1, 0.15) is 5.82 Å². The van der Waals surface area contributed by atoms with E-state index < -0.39 is 0 Å². The molecule has 1 aliphatic heterocycles. The first-order valence-corrected chi connectivity index (χ1v) is 9.56. The lowest BCUT2D eigenvalue weighted by molar-refractivity contribution is 0.264. The number of rotatable bonds is 5. The van der Waals surface area contributed by atoms with Gasteiger partial charge in [0.25, 0.3) is 0 Å². The fourth-order valence-electron chi connectivity index (χ4n) is 3.56. The zero-order valence-corrected chi connectivity index (χ0v) is 16.4. The van der Waals surface area contributed by atoms with Crippen LogP contribution in [0.4, 0.5) is 5.82 Å². The molecule has 3 aromatic rings. The zero-order chi connectivity index (χ0) is 18.8. The molecule has 0 fully saturated rings. The molecule has 1 N–H and O–H groups in total. The third-order valence-corrected chi connectivity index (χ3v) is 5.22. The average Bonchev–Trinajstić information content (AvgIpc) is 3.00. The van der Waals surface area contributed by atoms with E-state index in [1.54, 1.807) is 12.4 Å². The Labute approximate surface area is 164 Å². The highest BCUT2D eigenvalue weighted by Crippen LogP contribution is 2.25. The summed E-state index contributed by atoms with van der Waals surface area (Å²) in [5, 5.41) is 8.74. The minimum absolute atomic E-state index is 0.729. The molecule has 4 rings (SSSR count). The van der Waals surface area contributed by atoms with Crippen LogP contribution in [0.2, 0.25) is 5.02 Å². The van der Waals surface area contributed by atoms with Crippen molar-refractivity contribution in [3.8, 4) is 5.82 Å². The second-order valence-corrected chi connectivity index (χ2v) is 7.34. The van der Waals surface area contributed by atoms with Gasteiger partial charge in [-0.3, -0.25) is 9.88 Å². The van der Waals surface area contributed by atoms with Gasteiger partial charge in [0, 0.05) is 36.9 Å². The van der Waals surface area contributed by atoms with Crippen LogP contribution in [0.25, 0.3) is 5.82 Å². The van der Waals surface area contributed by atoms with Crippen LogP contribution in [-0.4, -0.2) is 44.3 Å². The number of hydrogen-bond donors (Lipinski definition) is 1. The largest absolute Gasteiger partial charge is 0.367 e. The average molecular weight is 383 g/mol. The number of nitrogens with one attached hydrogen (secondary N) is 1. The minimum Gasteiger partial charge on any atom is -0.367 e. The van der Waals surface area contributed by atoms with E-state index in [0.29, 0.717) is 0 Å². The highest BCUT2D eigenvalue weighted by atomic mass is 35.5. The van der Waals surface area contributed by atoms with Gasteiger partial charge in [0.2, 0.25) is 0 Å². The van der Waals surface area contributed by atoms with Crippen LogP contribution in [0.5, 0.6) is 0 Å². The molecule has 1 aliphatic rings. The van der Waals surface area contributed by atoms with Crippen molar-refractivity contribution in [3.05, 3.63) is 64.2 Å². The van der Waals surface area contributed by atoms with Crippen molar-refractivity contribution in [2.24, 2.45) is 0 Å². The van der Waals surface area contributed by atoms with E-state index in [9.17, 15) is 0 Å². The van der Waals surface area contributed by atoms with Gasteiger partial charge in [-0.1, -0.05) is 23.7 Å². The molecular weight excluding hydrogens is 360 g/mol. The molecular formula is C20H23ClN6. The van der Waals surface area contributed by atoms with Crippen LogP contribution in [-0.2, 0) is 13.0 Å². The van der Waals surface area contributed by atoms with E-state index in [2.05, 4.69) is 31.3 Å². The highest BCUT2D eigenvalue weighted by Gasteiger charge is 2.17. The Bertz CT molecular complexity index is 951. The molecule has 0 radical (unpaired) electrons. The standard InChI is InChI=1S/C20H23ClN6/c1-14-10-15(2)27(25-14)20-12-22-11-19(24-20)23-7-9-26-8-6-17-16(13-26)4-3-5-18(17)21/h3-5,10-12H,6-9,13H2,1-2H3,(H,23,24). The predicted molar refractivity (Wildman–Crippen MR) is 108 cm³/mol. The van der Waals surface area contributed by atoms with E-state index >= 15 is 0 Å². The Hall–Kier alpha value is -2.44. The summed E-state index contributed by atoms with van der Waals surface area (Å²) in [6.45, 7) is 7.71. The fraction of sp³-hybridized carbons (Fsp3) is 0.350. The molecule has 0 atom stereocenters. The van der Waals surface area contributed by atoms with E-state index in [1.165, 1.54) is 11.1 Å². The van der Waals surface area contributed by atoms with Crippen LogP contribution in [0.15, 0.2) is 36.7 Å². The van der Waals surface area contributed by atoms with Gasteiger partial charge in [-0.05, 0) is 43.5 Å². The summed E-state index contributed by atoms with van der Waals surface area (Å²) < 4.78 is 1.82. The Kier molecular flexibility index (Phi) is 5.09. The lowest BCUT2D eigenvalue weighted by atomic mass is 10.00. The number of hydrogen-bond acceptors (Lipinski definition) is 5. The maximum absolute atomic E-state index is 6.30. The van der Waals surface area contributed by atoms with Crippen LogP contribution in [0, 0.1) is 13.8 Å². The van der Waals surface area contributed by atoms with Gasteiger partial charge in [0.05, 0.1) is 18.1 Å². The summed E-state index contributed by atoms with van der Waals surface area (Å²) in [6, 6.07) is 8.21. The molecule has 27 heavy (non-hydrogen) atoms. The second-order valence-electron chi connectivity index (χ2n) is 6.93. The zero-order valence-electron chi connectivity index (χ0n) is 15.6. The third kappa shape index (κ3) is 3.96. The molecule has 140 valence electrons. The highest BCUT2D eigenvalue weighted by molar-refractivity contribution is 6.31. The SMILES string of the molecule is Cc1cc(C)n(-c2cncc(NCCN3CCc4c(Cl)cccc4C3)n2)n1. The Morgan fingerprint density at radius 2 is 2.11 bits per heavy atom. The Morgan fingerprint density at radius 1 is 1.22 bits per heavy atom. The quantitative estimate of drug-likeness (QED) is 0.732.